The molecule has 0 bridgehead atoms. The molecule has 0 fully saturated rings. The lowest BCUT2D eigenvalue weighted by Crippen LogP contribution is -2.17. The fourth-order valence-corrected chi connectivity index (χ4v) is 3.55. The lowest BCUT2D eigenvalue weighted by Gasteiger charge is -2.08. The summed E-state index contributed by atoms with van der Waals surface area (Å²) in [5.74, 6) is 0.0828. The van der Waals surface area contributed by atoms with E-state index >= 15 is 0 Å². The van der Waals surface area contributed by atoms with E-state index in [1.54, 1.807) is 13.0 Å². The third-order valence-corrected chi connectivity index (χ3v) is 4.97. The van der Waals surface area contributed by atoms with Gasteiger partial charge in [-0.2, -0.15) is 0 Å². The molecule has 0 atom stereocenters. The van der Waals surface area contributed by atoms with Crippen LogP contribution in [-0.2, 0) is 19.4 Å². The van der Waals surface area contributed by atoms with Crippen LogP contribution in [0, 0.1) is 20.8 Å². The Bertz CT molecular complexity index is 1090. The van der Waals surface area contributed by atoms with Crippen molar-refractivity contribution in [2.75, 3.05) is 6.61 Å². The summed E-state index contributed by atoms with van der Waals surface area (Å²) in [5.41, 5.74) is 5.29. The molecular weight excluding hydrogens is 380 g/mol. The van der Waals surface area contributed by atoms with E-state index in [0.717, 1.165) is 12.0 Å². The number of para-hydroxylation sites is 1. The molecule has 3 aromatic rings. The Morgan fingerprint density at radius 3 is 2.47 bits per heavy atom. The maximum absolute atomic E-state index is 12.4. The third kappa shape index (κ3) is 5.04. The van der Waals surface area contributed by atoms with Gasteiger partial charge in [0.2, 0.25) is 0 Å². The molecule has 0 amide bonds. The number of aryl methyl sites for hydroxylation is 6. The molecule has 3 N–H and O–H groups in total. The van der Waals surface area contributed by atoms with Crippen molar-refractivity contribution in [3.8, 4) is 5.75 Å². The molecule has 158 valence electrons. The number of hydrogen-bond donors (Lipinski definition) is 3. The van der Waals surface area contributed by atoms with Gasteiger partial charge < -0.3 is 10.2 Å². The first-order chi connectivity index (χ1) is 14.4. The molecule has 0 saturated heterocycles. The number of phenolic OH excluding ortho intramolecular Hbond substituents is 1. The second kappa shape index (κ2) is 9.54. The molecule has 0 saturated carbocycles. The smallest absolute Gasteiger partial charge is 0.294 e. The Morgan fingerprint density at radius 2 is 1.77 bits per heavy atom. The largest absolute Gasteiger partial charge is 0.505 e. The van der Waals surface area contributed by atoms with Crippen LogP contribution in [0.4, 0.5) is 11.4 Å². The van der Waals surface area contributed by atoms with Gasteiger partial charge in [0.25, 0.3) is 5.56 Å². The molecule has 1 aromatic heterocycles. The first-order valence-corrected chi connectivity index (χ1v) is 10.1. The van der Waals surface area contributed by atoms with Crippen molar-refractivity contribution < 1.29 is 10.2 Å². The summed E-state index contributed by atoms with van der Waals surface area (Å²) >= 11 is 0. The fourth-order valence-electron chi connectivity index (χ4n) is 3.55. The molecule has 0 spiro atoms. The van der Waals surface area contributed by atoms with E-state index in [1.807, 2.05) is 12.1 Å². The van der Waals surface area contributed by atoms with Crippen molar-refractivity contribution in [1.82, 2.24) is 9.78 Å². The number of nitrogens with one attached hydrogen (secondary N) is 1. The Hall–Kier alpha value is -3.19. The zero-order chi connectivity index (χ0) is 21.7. The molecule has 0 aliphatic heterocycles. The van der Waals surface area contributed by atoms with Gasteiger partial charge in [0.1, 0.15) is 11.4 Å². The summed E-state index contributed by atoms with van der Waals surface area (Å²) in [6.45, 7) is 6.28. The van der Waals surface area contributed by atoms with Crippen molar-refractivity contribution in [2.45, 2.75) is 46.6 Å². The number of hydrogen-bond acceptors (Lipinski definition) is 5. The standard InChI is InChI=1S/C23H28N4O3/c1-15-12-16(2)14-18(13-15)8-9-19-6-4-7-20(22(19)29)24-25-21-17(3)26-27(23(21)30)10-5-11-28/h4,6-7,12-14,26,28-29H,5,8-11H2,1-3H3. The zero-order valence-electron chi connectivity index (χ0n) is 17.6. The molecule has 3 rings (SSSR count). The summed E-state index contributed by atoms with van der Waals surface area (Å²) in [6, 6.07) is 11.8. The number of nitrogens with zero attached hydrogens (tertiary/aromatic N) is 3. The predicted octanol–water partition coefficient (Wildman–Crippen LogP) is 4.39. The Balaban J connectivity index is 1.78. The number of rotatable bonds is 8. The van der Waals surface area contributed by atoms with Gasteiger partial charge >= 0.3 is 0 Å². The number of aromatic amines is 1. The lowest BCUT2D eigenvalue weighted by atomic mass is 10.00. The zero-order valence-corrected chi connectivity index (χ0v) is 17.6. The van der Waals surface area contributed by atoms with Gasteiger partial charge in [0.05, 0.1) is 5.69 Å². The highest BCUT2D eigenvalue weighted by atomic mass is 16.3. The lowest BCUT2D eigenvalue weighted by molar-refractivity contribution is 0.276. The second-order valence-electron chi connectivity index (χ2n) is 7.60. The van der Waals surface area contributed by atoms with E-state index in [2.05, 4.69) is 47.4 Å². The molecule has 2 aromatic carbocycles. The van der Waals surface area contributed by atoms with E-state index in [-0.39, 0.29) is 23.6 Å². The van der Waals surface area contributed by atoms with Gasteiger partial charge in [0.15, 0.2) is 5.69 Å². The van der Waals surface area contributed by atoms with E-state index in [4.69, 9.17) is 5.11 Å². The van der Waals surface area contributed by atoms with Crippen LogP contribution in [0.2, 0.25) is 0 Å². The van der Waals surface area contributed by atoms with Crippen LogP contribution in [0.1, 0.15) is 34.4 Å². The predicted molar refractivity (Wildman–Crippen MR) is 117 cm³/mol. The molecular formula is C23H28N4O3. The number of phenols is 1. The molecule has 0 unspecified atom stereocenters. The number of azo groups is 1. The van der Waals surface area contributed by atoms with Crippen molar-refractivity contribution in [3.63, 3.8) is 0 Å². The topological polar surface area (TPSA) is 103 Å². The maximum Gasteiger partial charge on any atom is 0.294 e. The molecule has 7 heteroatoms. The minimum absolute atomic E-state index is 0.00411. The minimum atomic E-state index is -0.296. The number of aromatic hydroxyl groups is 1. The van der Waals surface area contributed by atoms with E-state index in [0.29, 0.717) is 30.8 Å². The quantitative estimate of drug-likeness (QED) is 0.482. The summed E-state index contributed by atoms with van der Waals surface area (Å²) in [7, 11) is 0. The van der Waals surface area contributed by atoms with Gasteiger partial charge in [-0.05, 0) is 57.2 Å². The molecule has 30 heavy (non-hydrogen) atoms. The van der Waals surface area contributed by atoms with E-state index in [1.165, 1.54) is 21.4 Å². The van der Waals surface area contributed by atoms with Gasteiger partial charge in [-0.3, -0.25) is 14.6 Å². The monoisotopic (exact) mass is 408 g/mol. The molecule has 1 heterocycles. The minimum Gasteiger partial charge on any atom is -0.505 e. The SMILES string of the molecule is Cc1cc(C)cc(CCc2cccc(N=Nc3c(C)[nH]n(CCCO)c3=O)c2O)c1. The van der Waals surface area contributed by atoms with Crippen LogP contribution < -0.4 is 5.56 Å². The summed E-state index contributed by atoms with van der Waals surface area (Å²) in [6.07, 6.45) is 1.96. The second-order valence-corrected chi connectivity index (χ2v) is 7.60. The first-order valence-electron chi connectivity index (χ1n) is 10.1. The summed E-state index contributed by atoms with van der Waals surface area (Å²) in [4.78, 5) is 12.4. The number of aromatic nitrogens is 2. The number of H-pyrrole nitrogens is 1. The normalized spacial score (nSPS) is 11.5. The van der Waals surface area contributed by atoms with Crippen molar-refractivity contribution in [3.05, 3.63) is 74.7 Å². The highest BCUT2D eigenvalue weighted by molar-refractivity contribution is 5.55. The molecule has 7 nitrogen and oxygen atoms in total. The van der Waals surface area contributed by atoms with Gasteiger partial charge in [-0.25, -0.2) is 0 Å². The summed E-state index contributed by atoms with van der Waals surface area (Å²) < 4.78 is 1.40. The van der Waals surface area contributed by atoms with Gasteiger partial charge in [0, 0.05) is 13.2 Å². The van der Waals surface area contributed by atoms with Crippen LogP contribution in [0.25, 0.3) is 0 Å². The van der Waals surface area contributed by atoms with E-state index in [9.17, 15) is 9.90 Å². The van der Waals surface area contributed by atoms with Crippen LogP contribution >= 0.6 is 0 Å². The van der Waals surface area contributed by atoms with Crippen molar-refractivity contribution >= 4 is 11.4 Å². The molecule has 0 aliphatic carbocycles. The van der Waals surface area contributed by atoms with Crippen LogP contribution in [0.15, 0.2) is 51.4 Å². The van der Waals surface area contributed by atoms with Crippen LogP contribution in [0.3, 0.4) is 0 Å². The highest BCUT2D eigenvalue weighted by Gasteiger charge is 2.12. The Morgan fingerprint density at radius 1 is 1.03 bits per heavy atom. The van der Waals surface area contributed by atoms with Crippen LogP contribution in [-0.4, -0.2) is 26.6 Å². The van der Waals surface area contributed by atoms with E-state index < -0.39 is 0 Å². The van der Waals surface area contributed by atoms with Gasteiger partial charge in [-0.1, -0.05) is 41.5 Å². The van der Waals surface area contributed by atoms with Gasteiger partial charge in [-0.15, -0.1) is 10.2 Å². The Labute approximate surface area is 175 Å². The first kappa shape index (κ1) is 21.5. The van der Waals surface area contributed by atoms with Crippen molar-refractivity contribution in [1.29, 1.82) is 0 Å². The fraction of sp³-hybridized carbons (Fsp3) is 0.348. The maximum atomic E-state index is 12.4. The van der Waals surface area contributed by atoms with Crippen LogP contribution in [0.5, 0.6) is 5.75 Å². The number of aliphatic hydroxyl groups is 1. The molecule has 0 radical (unpaired) electrons. The number of aliphatic hydroxyl groups excluding tert-OH is 1. The molecule has 0 aliphatic rings. The Kier molecular flexibility index (Phi) is 6.84. The van der Waals surface area contributed by atoms with Crippen molar-refractivity contribution in [2.24, 2.45) is 10.2 Å². The third-order valence-electron chi connectivity index (χ3n) is 4.97. The number of benzene rings is 2. The highest BCUT2D eigenvalue weighted by Crippen LogP contribution is 2.32. The average Bonchev–Trinajstić information content (AvgIpc) is 2.97. The summed E-state index contributed by atoms with van der Waals surface area (Å²) in [5, 5.41) is 30.7. The average molecular weight is 409 g/mol.